The Bertz CT molecular complexity index is 686. The van der Waals surface area contributed by atoms with Crippen molar-refractivity contribution in [3.8, 4) is 11.5 Å². The van der Waals surface area contributed by atoms with Crippen LogP contribution in [0.1, 0.15) is 29.4 Å². The molecule has 2 heterocycles. The van der Waals surface area contributed by atoms with Gasteiger partial charge >= 0.3 is 11.9 Å². The van der Waals surface area contributed by atoms with Crippen molar-refractivity contribution in [2.24, 2.45) is 0 Å². The van der Waals surface area contributed by atoms with Crippen LogP contribution in [-0.4, -0.2) is 11.9 Å². The van der Waals surface area contributed by atoms with Gasteiger partial charge in [0.25, 0.3) is 0 Å². The first-order valence-electron chi connectivity index (χ1n) is 6.85. The molecule has 0 amide bonds. The van der Waals surface area contributed by atoms with Crippen molar-refractivity contribution < 1.29 is 19.1 Å². The third kappa shape index (κ3) is 1.83. The third-order valence-corrected chi connectivity index (χ3v) is 4.05. The number of esters is 2. The lowest BCUT2D eigenvalue weighted by Crippen LogP contribution is -2.18. The number of para-hydroxylation sites is 2. The van der Waals surface area contributed by atoms with E-state index in [1.54, 1.807) is 12.1 Å². The normalized spacial score (nSPS) is 22.5. The van der Waals surface area contributed by atoms with Gasteiger partial charge < -0.3 is 9.47 Å². The van der Waals surface area contributed by atoms with E-state index in [2.05, 4.69) is 0 Å². The van der Waals surface area contributed by atoms with Gasteiger partial charge in [0.2, 0.25) is 0 Å². The van der Waals surface area contributed by atoms with E-state index in [9.17, 15) is 9.59 Å². The minimum Gasteiger partial charge on any atom is -0.426 e. The first-order chi connectivity index (χ1) is 10.2. The number of benzene rings is 2. The minimum absolute atomic E-state index is 0.298. The molecule has 0 spiro atoms. The molecule has 21 heavy (non-hydrogen) atoms. The number of carbonyl (C=O) groups excluding carboxylic acids is 2. The van der Waals surface area contributed by atoms with Crippen LogP contribution in [0.25, 0.3) is 0 Å². The number of hydrogen-bond acceptors (Lipinski definition) is 4. The van der Waals surface area contributed by atoms with Crippen LogP contribution in [0.2, 0.25) is 0 Å². The number of ether oxygens (including phenoxy) is 2. The Balaban J connectivity index is 1.68. The fourth-order valence-electron chi connectivity index (χ4n) is 3.02. The highest BCUT2D eigenvalue weighted by molar-refractivity contribution is 5.90. The highest BCUT2D eigenvalue weighted by atomic mass is 16.5. The van der Waals surface area contributed by atoms with Crippen LogP contribution in [0, 0.1) is 0 Å². The standard InChI is InChI=1S/C17H12O4/c18-16-12(10-5-1-3-7-14(10)20-16)9-13-11-6-2-4-8-15(11)21-17(13)19/h1-8,12-13H,9H2. The maximum Gasteiger partial charge on any atom is 0.318 e. The fraction of sp³-hybridized carbons (Fsp3) is 0.176. The Morgan fingerprint density at radius 3 is 1.62 bits per heavy atom. The van der Waals surface area contributed by atoms with Crippen molar-refractivity contribution in [3.05, 3.63) is 59.7 Å². The van der Waals surface area contributed by atoms with Crippen molar-refractivity contribution in [1.82, 2.24) is 0 Å². The largest absolute Gasteiger partial charge is 0.426 e. The molecular formula is C17H12O4. The quantitative estimate of drug-likeness (QED) is 0.627. The molecule has 2 aromatic carbocycles. The number of rotatable bonds is 2. The van der Waals surface area contributed by atoms with Gasteiger partial charge in [0.1, 0.15) is 11.5 Å². The zero-order valence-corrected chi connectivity index (χ0v) is 11.1. The highest BCUT2D eigenvalue weighted by Gasteiger charge is 2.41. The summed E-state index contributed by atoms with van der Waals surface area (Å²) in [4.78, 5) is 24.1. The molecule has 2 aliphatic rings. The predicted molar refractivity (Wildman–Crippen MR) is 74.3 cm³/mol. The molecule has 4 nitrogen and oxygen atoms in total. The fourth-order valence-corrected chi connectivity index (χ4v) is 3.02. The zero-order chi connectivity index (χ0) is 14.4. The Hall–Kier alpha value is -2.62. The van der Waals surface area contributed by atoms with Crippen LogP contribution >= 0.6 is 0 Å². The van der Waals surface area contributed by atoms with Gasteiger partial charge in [-0.05, 0) is 18.6 Å². The highest BCUT2D eigenvalue weighted by Crippen LogP contribution is 2.44. The number of fused-ring (bicyclic) bond motifs is 2. The molecule has 2 aromatic rings. The van der Waals surface area contributed by atoms with Crippen molar-refractivity contribution >= 4 is 11.9 Å². The lowest BCUT2D eigenvalue weighted by Gasteiger charge is -2.11. The maximum atomic E-state index is 12.1. The van der Waals surface area contributed by atoms with Gasteiger partial charge in [-0.1, -0.05) is 36.4 Å². The molecule has 0 aromatic heterocycles. The Morgan fingerprint density at radius 2 is 1.14 bits per heavy atom. The first-order valence-corrected chi connectivity index (χ1v) is 6.85. The minimum atomic E-state index is -0.412. The monoisotopic (exact) mass is 280 g/mol. The molecule has 0 bridgehead atoms. The molecule has 2 atom stereocenters. The van der Waals surface area contributed by atoms with Gasteiger partial charge in [-0.25, -0.2) is 0 Å². The second-order valence-electron chi connectivity index (χ2n) is 5.26. The van der Waals surface area contributed by atoms with Gasteiger partial charge in [-0.3, -0.25) is 9.59 Å². The maximum absolute atomic E-state index is 12.1. The van der Waals surface area contributed by atoms with E-state index < -0.39 is 11.8 Å². The Kier molecular flexibility index (Phi) is 2.57. The molecule has 0 saturated carbocycles. The molecule has 0 radical (unpaired) electrons. The van der Waals surface area contributed by atoms with E-state index in [1.165, 1.54) is 0 Å². The van der Waals surface area contributed by atoms with Gasteiger partial charge in [0, 0.05) is 11.1 Å². The number of hydrogen-bond donors (Lipinski definition) is 0. The van der Waals surface area contributed by atoms with Crippen molar-refractivity contribution in [3.63, 3.8) is 0 Å². The Labute approximate surface area is 121 Å². The van der Waals surface area contributed by atoms with E-state index in [-0.39, 0.29) is 11.9 Å². The van der Waals surface area contributed by atoms with Crippen LogP contribution in [0.5, 0.6) is 11.5 Å². The summed E-state index contributed by atoms with van der Waals surface area (Å²) in [6.07, 6.45) is 0.381. The molecule has 0 N–H and O–H groups in total. The topological polar surface area (TPSA) is 52.6 Å². The van der Waals surface area contributed by atoms with Crippen LogP contribution in [0.15, 0.2) is 48.5 Å². The zero-order valence-electron chi connectivity index (χ0n) is 11.1. The molecule has 4 heteroatoms. The van der Waals surface area contributed by atoms with Crippen LogP contribution in [0.3, 0.4) is 0 Å². The second kappa shape index (κ2) is 4.45. The smallest absolute Gasteiger partial charge is 0.318 e. The summed E-state index contributed by atoms with van der Waals surface area (Å²) in [6, 6.07) is 14.7. The van der Waals surface area contributed by atoms with E-state index in [1.807, 2.05) is 36.4 Å². The molecule has 104 valence electrons. The van der Waals surface area contributed by atoms with Gasteiger partial charge in [-0.2, -0.15) is 0 Å². The van der Waals surface area contributed by atoms with Crippen LogP contribution in [-0.2, 0) is 9.59 Å². The van der Waals surface area contributed by atoms with Crippen molar-refractivity contribution in [2.45, 2.75) is 18.3 Å². The third-order valence-electron chi connectivity index (χ3n) is 4.05. The van der Waals surface area contributed by atoms with Crippen molar-refractivity contribution in [2.75, 3.05) is 0 Å². The van der Waals surface area contributed by atoms with Crippen LogP contribution < -0.4 is 9.47 Å². The summed E-state index contributed by atoms with van der Waals surface area (Å²) in [5.41, 5.74) is 1.69. The SMILES string of the molecule is O=C1Oc2ccccc2C1CC1C(=O)Oc2ccccc21. The second-order valence-corrected chi connectivity index (χ2v) is 5.26. The first kappa shape index (κ1) is 12.1. The summed E-state index contributed by atoms with van der Waals surface area (Å²) in [6.45, 7) is 0. The molecular weight excluding hydrogens is 268 g/mol. The lowest BCUT2D eigenvalue weighted by molar-refractivity contribution is -0.136. The average Bonchev–Trinajstić information content (AvgIpc) is 2.97. The Morgan fingerprint density at radius 1 is 0.714 bits per heavy atom. The molecule has 0 aliphatic carbocycles. The van der Waals surface area contributed by atoms with E-state index in [0.29, 0.717) is 17.9 Å². The molecule has 0 saturated heterocycles. The molecule has 4 rings (SSSR count). The molecule has 2 unspecified atom stereocenters. The van der Waals surface area contributed by atoms with E-state index >= 15 is 0 Å². The summed E-state index contributed by atoms with van der Waals surface area (Å²) in [5, 5.41) is 0. The average molecular weight is 280 g/mol. The summed E-state index contributed by atoms with van der Waals surface area (Å²) in [5.74, 6) is -0.240. The van der Waals surface area contributed by atoms with E-state index in [4.69, 9.17) is 9.47 Å². The van der Waals surface area contributed by atoms with Gasteiger partial charge in [0.05, 0.1) is 11.8 Å². The molecule has 2 aliphatic heterocycles. The number of carbonyl (C=O) groups is 2. The summed E-state index contributed by atoms with van der Waals surface area (Å²) >= 11 is 0. The van der Waals surface area contributed by atoms with Gasteiger partial charge in [-0.15, -0.1) is 0 Å². The van der Waals surface area contributed by atoms with Crippen molar-refractivity contribution in [1.29, 1.82) is 0 Å². The van der Waals surface area contributed by atoms with E-state index in [0.717, 1.165) is 11.1 Å². The predicted octanol–water partition coefficient (Wildman–Crippen LogP) is 2.78. The van der Waals surface area contributed by atoms with Crippen LogP contribution in [0.4, 0.5) is 0 Å². The molecule has 0 fully saturated rings. The summed E-state index contributed by atoms with van der Waals surface area (Å²) < 4.78 is 10.5. The summed E-state index contributed by atoms with van der Waals surface area (Å²) in [7, 11) is 0. The lowest BCUT2D eigenvalue weighted by atomic mass is 9.86. The van der Waals surface area contributed by atoms with Gasteiger partial charge in [0.15, 0.2) is 0 Å².